The van der Waals surface area contributed by atoms with Crippen LogP contribution in [0.25, 0.3) is 0 Å². The minimum atomic E-state index is -0.396. The second-order valence-corrected chi connectivity index (χ2v) is 3.86. The Kier molecular flexibility index (Phi) is 4.08. The average molecular weight is 202 g/mol. The molecule has 1 aliphatic heterocycles. The van der Waals surface area contributed by atoms with E-state index in [-0.39, 0.29) is 5.97 Å². The monoisotopic (exact) mass is 202 g/mol. The molecule has 1 aliphatic rings. The van der Waals surface area contributed by atoms with Crippen LogP contribution in [0.1, 0.15) is 13.3 Å². The molecule has 5 heteroatoms. The summed E-state index contributed by atoms with van der Waals surface area (Å²) in [5, 5.41) is 0. The Hall–Kier alpha value is -0.710. The van der Waals surface area contributed by atoms with Gasteiger partial charge in [0.15, 0.2) is 6.04 Å². The van der Waals surface area contributed by atoms with E-state index in [1.165, 1.54) is 0 Å². The summed E-state index contributed by atoms with van der Waals surface area (Å²) in [6.45, 7) is 2.18. The van der Waals surface area contributed by atoms with Crippen LogP contribution in [0.2, 0.25) is 0 Å². The van der Waals surface area contributed by atoms with Crippen molar-refractivity contribution >= 4 is 23.6 Å². The van der Waals surface area contributed by atoms with Gasteiger partial charge in [0.1, 0.15) is 0 Å². The van der Waals surface area contributed by atoms with Crippen LogP contribution >= 0.6 is 11.8 Å². The molecule has 1 rings (SSSR count). The Bertz CT molecular complexity index is 218. The number of amidine groups is 1. The van der Waals surface area contributed by atoms with Crippen molar-refractivity contribution in [2.75, 3.05) is 18.1 Å². The normalized spacial score (nSPS) is 23.2. The quantitative estimate of drug-likeness (QED) is 0.659. The first-order valence-electron chi connectivity index (χ1n) is 4.30. The van der Waals surface area contributed by atoms with Crippen LogP contribution in [-0.4, -0.2) is 36.0 Å². The van der Waals surface area contributed by atoms with E-state index in [1.54, 1.807) is 18.7 Å². The summed E-state index contributed by atoms with van der Waals surface area (Å²) in [7, 11) is 0. The first kappa shape index (κ1) is 10.4. The van der Waals surface area contributed by atoms with Crippen molar-refractivity contribution in [1.82, 2.24) is 0 Å². The molecule has 0 amide bonds. The molecule has 0 fully saturated rings. The van der Waals surface area contributed by atoms with Gasteiger partial charge in [0.25, 0.3) is 0 Å². The molecule has 1 atom stereocenters. The van der Waals surface area contributed by atoms with E-state index in [0.717, 1.165) is 12.2 Å². The highest BCUT2D eigenvalue weighted by Crippen LogP contribution is 2.13. The number of thioether (sulfide) groups is 1. The molecule has 0 aliphatic carbocycles. The molecule has 0 aromatic heterocycles. The third kappa shape index (κ3) is 3.26. The lowest BCUT2D eigenvalue weighted by Crippen LogP contribution is -2.26. The number of esters is 1. The number of nitrogens with two attached hydrogens (primary N) is 1. The Labute approximate surface area is 81.9 Å². The Morgan fingerprint density at radius 3 is 3.31 bits per heavy atom. The Morgan fingerprint density at radius 2 is 2.62 bits per heavy atom. The highest BCUT2D eigenvalue weighted by atomic mass is 32.2. The van der Waals surface area contributed by atoms with E-state index >= 15 is 0 Å². The van der Waals surface area contributed by atoms with Crippen molar-refractivity contribution in [2.45, 2.75) is 19.4 Å². The van der Waals surface area contributed by atoms with Gasteiger partial charge in [0.2, 0.25) is 0 Å². The fourth-order valence-electron chi connectivity index (χ4n) is 1.03. The maximum Gasteiger partial charge on any atom is 0.331 e. The number of hydrogen-bond donors (Lipinski definition) is 1. The number of ether oxygens (including phenoxy) is 1. The molecule has 0 saturated carbocycles. The van der Waals surface area contributed by atoms with Crippen molar-refractivity contribution in [3.05, 3.63) is 0 Å². The van der Waals surface area contributed by atoms with Gasteiger partial charge in [-0.25, -0.2) is 4.79 Å². The topological polar surface area (TPSA) is 64.7 Å². The zero-order chi connectivity index (χ0) is 9.68. The zero-order valence-corrected chi connectivity index (χ0v) is 8.47. The van der Waals surface area contributed by atoms with Crippen LogP contribution in [0.4, 0.5) is 0 Å². The van der Waals surface area contributed by atoms with E-state index in [1.807, 2.05) is 0 Å². The Morgan fingerprint density at radius 1 is 1.85 bits per heavy atom. The number of nitrogens with zero attached hydrogens (tertiary/aromatic N) is 1. The molecule has 4 nitrogen and oxygen atoms in total. The summed E-state index contributed by atoms with van der Waals surface area (Å²) in [5.41, 5.74) is 5.59. The van der Waals surface area contributed by atoms with Gasteiger partial charge in [0.05, 0.1) is 12.4 Å². The van der Waals surface area contributed by atoms with E-state index in [4.69, 9.17) is 10.5 Å². The lowest BCUT2D eigenvalue weighted by atomic mass is 10.3. The Balaban J connectivity index is 2.56. The predicted molar refractivity (Wildman–Crippen MR) is 54.0 cm³/mol. The van der Waals surface area contributed by atoms with E-state index in [9.17, 15) is 4.79 Å². The standard InChI is InChI=1S/C8H14N2O2S/c1-2-12-8(11)6-5-13-4-3-7(9)10-6/h6H,2-5H2,1H3,(H2,9,10)/t6-/m0/s1. The van der Waals surface area contributed by atoms with Crippen LogP contribution < -0.4 is 5.73 Å². The van der Waals surface area contributed by atoms with Crippen LogP contribution in [0, 0.1) is 0 Å². The number of carbonyl (C=O) groups is 1. The molecule has 0 spiro atoms. The maximum absolute atomic E-state index is 11.3. The van der Waals surface area contributed by atoms with Gasteiger partial charge in [-0.2, -0.15) is 11.8 Å². The maximum atomic E-state index is 11.3. The molecular formula is C8H14N2O2S. The molecule has 0 aromatic rings. The van der Waals surface area contributed by atoms with Gasteiger partial charge < -0.3 is 10.5 Å². The average Bonchev–Trinajstić information content (AvgIpc) is 2.30. The van der Waals surface area contributed by atoms with Gasteiger partial charge in [0, 0.05) is 17.9 Å². The summed E-state index contributed by atoms with van der Waals surface area (Å²) < 4.78 is 4.87. The van der Waals surface area contributed by atoms with Crippen LogP contribution in [0.15, 0.2) is 4.99 Å². The number of carbonyl (C=O) groups excluding carboxylic acids is 1. The van der Waals surface area contributed by atoms with Crippen molar-refractivity contribution < 1.29 is 9.53 Å². The van der Waals surface area contributed by atoms with Crippen molar-refractivity contribution in [2.24, 2.45) is 10.7 Å². The largest absolute Gasteiger partial charge is 0.464 e. The molecular weight excluding hydrogens is 188 g/mol. The first-order chi connectivity index (χ1) is 6.24. The lowest BCUT2D eigenvalue weighted by molar-refractivity contribution is -0.143. The summed E-state index contributed by atoms with van der Waals surface area (Å²) in [4.78, 5) is 15.4. The SMILES string of the molecule is CCOC(=O)[C@@H]1CSCCC(N)=N1. The smallest absolute Gasteiger partial charge is 0.331 e. The zero-order valence-electron chi connectivity index (χ0n) is 7.66. The second-order valence-electron chi connectivity index (χ2n) is 2.71. The second kappa shape index (κ2) is 5.11. The molecule has 74 valence electrons. The molecule has 0 radical (unpaired) electrons. The third-order valence-corrected chi connectivity index (χ3v) is 2.70. The molecule has 0 unspecified atom stereocenters. The molecule has 0 saturated heterocycles. The van der Waals surface area contributed by atoms with Crippen LogP contribution in [0.5, 0.6) is 0 Å². The van der Waals surface area contributed by atoms with Crippen molar-refractivity contribution in [3.8, 4) is 0 Å². The fourth-order valence-corrected chi connectivity index (χ4v) is 1.99. The van der Waals surface area contributed by atoms with Gasteiger partial charge in [-0.1, -0.05) is 0 Å². The molecule has 0 bridgehead atoms. The molecule has 13 heavy (non-hydrogen) atoms. The van der Waals surface area contributed by atoms with Gasteiger partial charge >= 0.3 is 5.97 Å². The number of rotatable bonds is 2. The van der Waals surface area contributed by atoms with Gasteiger partial charge in [-0.15, -0.1) is 0 Å². The summed E-state index contributed by atoms with van der Waals surface area (Å²) in [6, 6.07) is -0.396. The van der Waals surface area contributed by atoms with Crippen molar-refractivity contribution in [1.29, 1.82) is 0 Å². The molecule has 2 N–H and O–H groups in total. The highest BCUT2D eigenvalue weighted by Gasteiger charge is 2.21. The van der Waals surface area contributed by atoms with Gasteiger partial charge in [-0.05, 0) is 6.92 Å². The van der Waals surface area contributed by atoms with E-state index in [0.29, 0.717) is 18.2 Å². The minimum Gasteiger partial charge on any atom is -0.464 e. The summed E-state index contributed by atoms with van der Waals surface area (Å²) in [5.74, 6) is 1.91. The fraction of sp³-hybridized carbons (Fsp3) is 0.750. The van der Waals surface area contributed by atoms with E-state index < -0.39 is 6.04 Å². The van der Waals surface area contributed by atoms with E-state index in [2.05, 4.69) is 4.99 Å². The molecule has 0 aromatic carbocycles. The number of hydrogen-bond acceptors (Lipinski definition) is 5. The van der Waals surface area contributed by atoms with Crippen LogP contribution in [-0.2, 0) is 9.53 Å². The number of aliphatic imine (C=N–C) groups is 1. The predicted octanol–water partition coefficient (Wildman–Crippen LogP) is 0.412. The van der Waals surface area contributed by atoms with Crippen LogP contribution in [0.3, 0.4) is 0 Å². The van der Waals surface area contributed by atoms with Crippen molar-refractivity contribution in [3.63, 3.8) is 0 Å². The third-order valence-electron chi connectivity index (χ3n) is 1.66. The minimum absolute atomic E-state index is 0.264. The lowest BCUT2D eigenvalue weighted by Gasteiger charge is -2.08. The summed E-state index contributed by atoms with van der Waals surface area (Å²) in [6.07, 6.45) is 0.764. The highest BCUT2D eigenvalue weighted by molar-refractivity contribution is 7.99. The first-order valence-corrected chi connectivity index (χ1v) is 5.46. The molecule has 1 heterocycles. The van der Waals surface area contributed by atoms with Gasteiger partial charge in [-0.3, -0.25) is 4.99 Å². The summed E-state index contributed by atoms with van der Waals surface area (Å²) >= 11 is 1.69.